The topological polar surface area (TPSA) is 225 Å². The van der Waals surface area contributed by atoms with E-state index in [4.69, 9.17) is 14.7 Å². The van der Waals surface area contributed by atoms with Crippen LogP contribution >= 0.6 is 0 Å². The quantitative estimate of drug-likeness (QED) is 0.0316. The van der Waals surface area contributed by atoms with Gasteiger partial charge in [0.2, 0.25) is 11.8 Å². The van der Waals surface area contributed by atoms with E-state index in [9.17, 15) is 14.4 Å². The van der Waals surface area contributed by atoms with Crippen LogP contribution in [0, 0.1) is 0 Å². The third-order valence-corrected chi connectivity index (χ3v) is 15.2. The predicted molar refractivity (Wildman–Crippen MR) is 373 cm³/mol. The largest absolute Gasteiger partial charge is 0.443 e. The van der Waals surface area contributed by atoms with Crippen molar-refractivity contribution in [3.8, 4) is 55.9 Å². The fourth-order valence-corrected chi connectivity index (χ4v) is 10.4. The molecule has 0 saturated carbocycles. The number of aromatic nitrogens is 6. The van der Waals surface area contributed by atoms with Gasteiger partial charge < -0.3 is 42.0 Å². The van der Waals surface area contributed by atoms with Crippen LogP contribution in [0.5, 0.6) is 0 Å². The molecule has 6 heterocycles. The monoisotopic (exact) mass is 1230 g/mol. The van der Waals surface area contributed by atoms with Crippen LogP contribution in [0.4, 0.5) is 50.7 Å². The molecular formula is C75H72N14O4. The van der Waals surface area contributed by atoms with Crippen LogP contribution in [-0.4, -0.2) is 73.5 Å². The first-order valence-electron chi connectivity index (χ1n) is 30.6. The van der Waals surface area contributed by atoms with E-state index >= 15 is 0 Å². The molecule has 18 nitrogen and oxygen atoms in total. The van der Waals surface area contributed by atoms with E-state index in [2.05, 4.69) is 113 Å². The minimum Gasteiger partial charge on any atom is -0.443 e. The molecule has 3 amide bonds. The molecule has 0 aliphatic carbocycles. The maximum atomic E-state index is 14.0. The summed E-state index contributed by atoms with van der Waals surface area (Å²) in [7, 11) is 1.84. The van der Waals surface area contributed by atoms with E-state index in [0.29, 0.717) is 35.3 Å². The van der Waals surface area contributed by atoms with Crippen molar-refractivity contribution in [3.05, 3.63) is 254 Å². The van der Waals surface area contributed by atoms with Gasteiger partial charge in [-0.3, -0.25) is 29.4 Å². The highest BCUT2D eigenvalue weighted by Gasteiger charge is 2.26. The Kier molecular flexibility index (Phi) is 19.7. The van der Waals surface area contributed by atoms with Crippen LogP contribution in [-0.2, 0) is 20.9 Å². The van der Waals surface area contributed by atoms with Crippen LogP contribution in [0.1, 0.15) is 63.4 Å². The Labute approximate surface area is 541 Å². The first-order chi connectivity index (χ1) is 45.1. The van der Waals surface area contributed by atoms with E-state index in [1.54, 1.807) is 70.0 Å². The molecular weight excluding hydrogens is 1160 g/mol. The predicted octanol–water partition coefficient (Wildman–Crippen LogP) is 15.8. The number of carbonyl (C=O) groups excluding carboxylic acids is 3. The second-order valence-electron chi connectivity index (χ2n) is 23.4. The molecule has 11 aromatic rings. The minimum atomic E-state index is -0.826. The van der Waals surface area contributed by atoms with Gasteiger partial charge >= 0.3 is 6.09 Å². The molecule has 466 valence electrons. The van der Waals surface area contributed by atoms with E-state index in [0.717, 1.165) is 84.2 Å². The van der Waals surface area contributed by atoms with Gasteiger partial charge in [-0.05, 0) is 158 Å². The first-order valence-corrected chi connectivity index (χ1v) is 30.6. The lowest BCUT2D eigenvalue weighted by atomic mass is 9.99. The standard InChI is InChI=1S/C75H72N14O4/c1-49(52-15-8-7-9-16-52)83-64-36-60(41-78-45-64)67-23-13-25-70(85-67)87-72(90)47-81-62-21-11-19-56(34-62)55-18-10-17-54(33-55)50(2)84-65-37-61(42-79-46-65)68-24-14-26-71(86-68)88-73(91)48-89(74(92)93-75(3,4)5)66-22-12-20-57(38-66)53-29-27-51(28-30-53)39-80-63-35-59(40-77-44-63)58-31-32-69(76-6)82-43-58/h7-38,40-46,49-50,80-81,83-84H,39,47-48H2,1-6H3,(H,76,82)(H,85,87,90)(H,86,88,91)/t49-,50-/m0/s1. The Morgan fingerprint density at radius 3 is 1.66 bits per heavy atom. The highest BCUT2D eigenvalue weighted by atomic mass is 16.6. The summed E-state index contributed by atoms with van der Waals surface area (Å²) in [5, 5.41) is 22.8. The summed E-state index contributed by atoms with van der Waals surface area (Å²) >= 11 is 0. The van der Waals surface area contributed by atoms with Crippen molar-refractivity contribution in [2.75, 3.05) is 62.3 Å². The average molecular weight is 1230 g/mol. The van der Waals surface area contributed by atoms with Crippen molar-refractivity contribution in [1.29, 1.82) is 0 Å². The highest BCUT2D eigenvalue weighted by Crippen LogP contribution is 2.32. The number of rotatable bonds is 23. The van der Waals surface area contributed by atoms with Crippen molar-refractivity contribution in [3.63, 3.8) is 0 Å². The van der Waals surface area contributed by atoms with Crippen molar-refractivity contribution < 1.29 is 19.1 Å². The smallest absolute Gasteiger partial charge is 0.415 e. The Hall–Kier alpha value is -11.8. The van der Waals surface area contributed by atoms with Gasteiger partial charge in [-0.25, -0.2) is 19.7 Å². The molecule has 0 unspecified atom stereocenters. The first kappa shape index (κ1) is 62.8. The number of benzene rings is 5. The molecule has 18 heteroatoms. The van der Waals surface area contributed by atoms with Crippen molar-refractivity contribution in [2.24, 2.45) is 0 Å². The molecule has 11 rings (SSSR count). The molecule has 0 saturated heterocycles. The molecule has 6 aromatic heterocycles. The van der Waals surface area contributed by atoms with E-state index in [1.807, 2.05) is 153 Å². The SMILES string of the molecule is CNc1ccc(-c2cncc(NCc3ccc(-c4cccc(N(CC(=O)Nc5cccc(-c6cncc(N[C@@H](C)c7cccc(-c8cccc(NCC(=O)Nc9cccc(-c%10cncc(N[C@@H](C)c%11ccccc%11)c%10)n9)c8)c7)c6)n5)C(=O)OC(C)(C)C)c4)cc3)c2)cn1. The fourth-order valence-electron chi connectivity index (χ4n) is 10.4. The number of hydrogen-bond donors (Lipinski definition) is 7. The lowest BCUT2D eigenvalue weighted by molar-refractivity contribution is -0.115. The lowest BCUT2D eigenvalue weighted by Gasteiger charge is -2.27. The van der Waals surface area contributed by atoms with E-state index in [1.165, 1.54) is 10.5 Å². The molecule has 0 spiro atoms. The number of hydrogen-bond acceptors (Lipinski definition) is 15. The molecule has 5 aromatic carbocycles. The Morgan fingerprint density at radius 1 is 0.462 bits per heavy atom. The molecule has 7 N–H and O–H groups in total. The molecule has 0 aliphatic heterocycles. The average Bonchev–Trinajstić information content (AvgIpc) is 1.85. The van der Waals surface area contributed by atoms with Gasteiger partial charge in [0.05, 0.1) is 35.0 Å². The number of ether oxygens (including phenoxy) is 1. The summed E-state index contributed by atoms with van der Waals surface area (Å²) in [6, 6.07) is 62.9. The van der Waals surface area contributed by atoms with Crippen molar-refractivity contribution in [2.45, 2.75) is 58.8 Å². The Bertz CT molecular complexity index is 4390. The van der Waals surface area contributed by atoms with Crippen LogP contribution in [0.2, 0.25) is 0 Å². The number of carbonyl (C=O) groups is 3. The van der Waals surface area contributed by atoms with Crippen LogP contribution in [0.3, 0.4) is 0 Å². The summed E-state index contributed by atoms with van der Waals surface area (Å²) in [5.41, 5.74) is 14.8. The van der Waals surface area contributed by atoms with Gasteiger partial charge in [0.15, 0.2) is 0 Å². The molecule has 0 radical (unpaired) electrons. The van der Waals surface area contributed by atoms with Gasteiger partial charge in [0.1, 0.15) is 29.6 Å². The summed E-state index contributed by atoms with van der Waals surface area (Å²) in [6.45, 7) is 9.81. The minimum absolute atomic E-state index is 0.0299. The Morgan fingerprint density at radius 2 is 1.01 bits per heavy atom. The zero-order chi connectivity index (χ0) is 64.7. The van der Waals surface area contributed by atoms with Crippen LogP contribution < -0.4 is 42.1 Å². The third kappa shape index (κ3) is 17.1. The van der Waals surface area contributed by atoms with E-state index < -0.39 is 17.6 Å². The number of anilines is 8. The Balaban J connectivity index is 0.687. The molecule has 0 aliphatic rings. The normalized spacial score (nSPS) is 11.7. The fraction of sp³-hybridized carbons (Fsp3) is 0.160. The molecule has 93 heavy (non-hydrogen) atoms. The highest BCUT2D eigenvalue weighted by molar-refractivity contribution is 6.00. The van der Waals surface area contributed by atoms with Gasteiger partial charge in [0, 0.05) is 103 Å². The third-order valence-electron chi connectivity index (χ3n) is 15.2. The summed E-state index contributed by atoms with van der Waals surface area (Å²) in [5.74, 6) is 0.823. The van der Waals surface area contributed by atoms with E-state index in [-0.39, 0.29) is 31.1 Å². The molecule has 2 atom stereocenters. The van der Waals surface area contributed by atoms with Gasteiger partial charge in [-0.15, -0.1) is 0 Å². The number of nitrogens with zero attached hydrogens (tertiary/aromatic N) is 7. The second-order valence-corrected chi connectivity index (χ2v) is 23.4. The zero-order valence-electron chi connectivity index (χ0n) is 52.6. The molecule has 0 fully saturated rings. The van der Waals surface area contributed by atoms with Gasteiger partial charge in [-0.2, -0.15) is 0 Å². The zero-order valence-corrected chi connectivity index (χ0v) is 52.6. The second kappa shape index (κ2) is 29.2. The maximum Gasteiger partial charge on any atom is 0.415 e. The van der Waals surface area contributed by atoms with Gasteiger partial charge in [-0.1, -0.05) is 109 Å². The number of pyridine rings is 6. The number of amides is 3. The molecule has 0 bridgehead atoms. The van der Waals surface area contributed by atoms with Crippen molar-refractivity contribution in [1.82, 2.24) is 29.9 Å². The summed E-state index contributed by atoms with van der Waals surface area (Å²) < 4.78 is 5.84. The van der Waals surface area contributed by atoms with Crippen molar-refractivity contribution >= 4 is 63.8 Å². The maximum absolute atomic E-state index is 14.0. The summed E-state index contributed by atoms with van der Waals surface area (Å²) in [4.78, 5) is 69.9. The summed E-state index contributed by atoms with van der Waals surface area (Å²) in [6.07, 6.45) is 11.8. The van der Waals surface area contributed by atoms with Crippen LogP contribution in [0.15, 0.2) is 238 Å². The lowest BCUT2D eigenvalue weighted by Crippen LogP contribution is -2.41. The number of nitrogens with one attached hydrogen (secondary N) is 7. The van der Waals surface area contributed by atoms with Gasteiger partial charge in [0.25, 0.3) is 0 Å². The van der Waals surface area contributed by atoms with Crippen LogP contribution in [0.25, 0.3) is 55.9 Å².